The quantitative estimate of drug-likeness (QED) is 0.191. The van der Waals surface area contributed by atoms with Crippen LogP contribution in [0.25, 0.3) is 10.1 Å². The Morgan fingerprint density at radius 1 is 1.12 bits per heavy atom. The molecule has 3 nitrogen and oxygen atoms in total. The highest BCUT2D eigenvalue weighted by Crippen LogP contribution is 2.40. The molecular weight excluding hydrogens is 455 g/mol. The van der Waals surface area contributed by atoms with Gasteiger partial charge in [-0.05, 0) is 92.1 Å². The minimum atomic E-state index is -0.354. The van der Waals surface area contributed by atoms with Crippen LogP contribution >= 0.6 is 23.1 Å². The molecule has 6 heteroatoms. The van der Waals surface area contributed by atoms with Crippen molar-refractivity contribution >= 4 is 39.2 Å². The van der Waals surface area contributed by atoms with Crippen molar-refractivity contribution < 1.29 is 18.7 Å². The highest BCUT2D eigenvalue weighted by molar-refractivity contribution is 7.99. The van der Waals surface area contributed by atoms with E-state index in [-0.39, 0.29) is 18.4 Å². The van der Waals surface area contributed by atoms with E-state index in [1.54, 1.807) is 30.4 Å². The Labute approximate surface area is 204 Å². The number of aryl methyl sites for hydroxylation is 2. The van der Waals surface area contributed by atoms with E-state index in [0.29, 0.717) is 18.3 Å². The lowest BCUT2D eigenvalue weighted by atomic mass is 9.94. The Morgan fingerprint density at radius 2 is 1.94 bits per heavy atom. The van der Waals surface area contributed by atoms with Crippen molar-refractivity contribution in [3.8, 4) is 5.75 Å². The van der Waals surface area contributed by atoms with Crippen molar-refractivity contribution in [3.63, 3.8) is 0 Å². The molecule has 0 N–H and O–H groups in total. The number of unbranched alkanes of at least 4 members (excludes halogenated alkanes) is 1. The number of hydrogen-bond acceptors (Lipinski definition) is 5. The van der Waals surface area contributed by atoms with E-state index in [1.165, 1.54) is 33.6 Å². The molecule has 1 aromatic heterocycles. The predicted molar refractivity (Wildman–Crippen MR) is 137 cm³/mol. The molecule has 2 aromatic carbocycles. The van der Waals surface area contributed by atoms with Gasteiger partial charge in [-0.15, -0.1) is 23.1 Å². The molecule has 0 aliphatic rings. The monoisotopic (exact) mass is 488 g/mol. The number of ether oxygens (including phenoxy) is 2. The van der Waals surface area contributed by atoms with Crippen LogP contribution in [0.2, 0.25) is 0 Å². The maximum absolute atomic E-state index is 13.7. The first kappa shape index (κ1) is 25.6. The summed E-state index contributed by atoms with van der Waals surface area (Å²) in [5.41, 5.74) is 2.31. The summed E-state index contributed by atoms with van der Waals surface area (Å²) in [5, 5.41) is 1.18. The third kappa shape index (κ3) is 6.97. The second kappa shape index (κ2) is 12.4. The van der Waals surface area contributed by atoms with Gasteiger partial charge < -0.3 is 9.47 Å². The van der Waals surface area contributed by atoms with Crippen LogP contribution in [0, 0.1) is 19.7 Å². The van der Waals surface area contributed by atoms with Crippen LogP contribution < -0.4 is 4.74 Å². The Morgan fingerprint density at radius 3 is 2.67 bits per heavy atom. The second-order valence-corrected chi connectivity index (χ2v) is 10.5. The van der Waals surface area contributed by atoms with E-state index in [1.807, 2.05) is 36.9 Å². The fourth-order valence-corrected chi connectivity index (χ4v) is 6.46. The lowest BCUT2D eigenvalue weighted by Gasteiger charge is -2.17. The molecule has 3 aromatic rings. The number of rotatable bonds is 12. The van der Waals surface area contributed by atoms with Crippen molar-refractivity contribution in [2.75, 3.05) is 19.0 Å². The zero-order valence-electron chi connectivity index (χ0n) is 19.9. The predicted octanol–water partition coefficient (Wildman–Crippen LogP) is 8.06. The average molecular weight is 489 g/mol. The molecular formula is C27H33FO3S2. The van der Waals surface area contributed by atoms with Gasteiger partial charge in [0, 0.05) is 14.5 Å². The number of carbonyl (C=O) groups excluding carboxylic acids is 1. The summed E-state index contributed by atoms with van der Waals surface area (Å²) in [6.07, 6.45) is 4.62. The Bertz CT molecular complexity index is 1080. The summed E-state index contributed by atoms with van der Waals surface area (Å²) < 4.78 is 25.3. The van der Waals surface area contributed by atoms with Crippen LogP contribution in [0.1, 0.15) is 61.5 Å². The molecule has 0 aliphatic carbocycles. The zero-order valence-corrected chi connectivity index (χ0v) is 21.5. The van der Waals surface area contributed by atoms with E-state index in [0.717, 1.165) is 28.9 Å². The number of benzene rings is 2. The topological polar surface area (TPSA) is 35.5 Å². The lowest BCUT2D eigenvalue weighted by molar-refractivity contribution is -0.145. The molecule has 0 bridgehead atoms. The van der Waals surface area contributed by atoms with Crippen molar-refractivity contribution in [3.05, 3.63) is 58.2 Å². The molecule has 1 atom stereocenters. The lowest BCUT2D eigenvalue weighted by Crippen LogP contribution is -2.14. The SMILES string of the molecule is CCCCC(CCSc1ccc(OCC(=O)OCC)c(C)c1)c1sc2cc(F)ccc2c1C. The summed E-state index contributed by atoms with van der Waals surface area (Å²) in [5.74, 6) is 1.69. The average Bonchev–Trinajstić information content (AvgIpc) is 3.11. The Hall–Kier alpha value is -2.05. The summed E-state index contributed by atoms with van der Waals surface area (Å²) in [6, 6.07) is 11.2. The van der Waals surface area contributed by atoms with E-state index >= 15 is 0 Å². The van der Waals surface area contributed by atoms with Gasteiger partial charge in [0.1, 0.15) is 11.6 Å². The van der Waals surface area contributed by atoms with Crippen LogP contribution in [-0.4, -0.2) is 24.9 Å². The van der Waals surface area contributed by atoms with Gasteiger partial charge in [-0.25, -0.2) is 9.18 Å². The molecule has 1 heterocycles. The van der Waals surface area contributed by atoms with Crippen molar-refractivity contribution in [2.24, 2.45) is 0 Å². The maximum atomic E-state index is 13.7. The van der Waals surface area contributed by atoms with Gasteiger partial charge in [0.25, 0.3) is 0 Å². The molecule has 3 rings (SSSR count). The summed E-state index contributed by atoms with van der Waals surface area (Å²) in [7, 11) is 0. The molecule has 0 amide bonds. The molecule has 0 radical (unpaired) electrons. The molecule has 0 aliphatic heterocycles. The maximum Gasteiger partial charge on any atom is 0.344 e. The van der Waals surface area contributed by atoms with Crippen LogP contribution in [0.4, 0.5) is 4.39 Å². The fourth-order valence-electron chi connectivity index (χ4n) is 4.00. The highest BCUT2D eigenvalue weighted by Gasteiger charge is 2.19. The summed E-state index contributed by atoms with van der Waals surface area (Å²) in [6.45, 7) is 8.47. The Kier molecular flexibility index (Phi) is 9.63. The molecule has 33 heavy (non-hydrogen) atoms. The zero-order chi connectivity index (χ0) is 23.8. The Balaban J connectivity index is 1.63. The van der Waals surface area contributed by atoms with Gasteiger partial charge in [-0.1, -0.05) is 25.8 Å². The van der Waals surface area contributed by atoms with Crippen LogP contribution in [0.3, 0.4) is 0 Å². The molecule has 0 spiro atoms. The summed E-state index contributed by atoms with van der Waals surface area (Å²) >= 11 is 3.60. The van der Waals surface area contributed by atoms with Gasteiger partial charge in [0.15, 0.2) is 6.61 Å². The van der Waals surface area contributed by atoms with Gasteiger partial charge in [0.05, 0.1) is 6.61 Å². The van der Waals surface area contributed by atoms with Crippen molar-refractivity contribution in [1.29, 1.82) is 0 Å². The fraction of sp³-hybridized carbons (Fsp3) is 0.444. The number of halogens is 1. The van der Waals surface area contributed by atoms with E-state index in [9.17, 15) is 9.18 Å². The first-order valence-electron chi connectivity index (χ1n) is 11.6. The van der Waals surface area contributed by atoms with E-state index in [4.69, 9.17) is 9.47 Å². The molecule has 1 unspecified atom stereocenters. The molecule has 0 fully saturated rings. The largest absolute Gasteiger partial charge is 0.482 e. The van der Waals surface area contributed by atoms with E-state index in [2.05, 4.69) is 19.9 Å². The van der Waals surface area contributed by atoms with Gasteiger partial charge in [-0.2, -0.15) is 0 Å². The number of esters is 1. The molecule has 0 saturated heterocycles. The van der Waals surface area contributed by atoms with E-state index < -0.39 is 0 Å². The first-order chi connectivity index (χ1) is 15.9. The minimum Gasteiger partial charge on any atom is -0.482 e. The molecule has 178 valence electrons. The van der Waals surface area contributed by atoms with Crippen LogP contribution in [-0.2, 0) is 9.53 Å². The number of fused-ring (bicyclic) bond motifs is 1. The van der Waals surface area contributed by atoms with Crippen molar-refractivity contribution in [1.82, 2.24) is 0 Å². The van der Waals surface area contributed by atoms with Gasteiger partial charge in [-0.3, -0.25) is 0 Å². The van der Waals surface area contributed by atoms with Gasteiger partial charge >= 0.3 is 5.97 Å². The van der Waals surface area contributed by atoms with Crippen LogP contribution in [0.5, 0.6) is 5.75 Å². The number of carbonyl (C=O) groups is 1. The van der Waals surface area contributed by atoms with Gasteiger partial charge in [0.2, 0.25) is 0 Å². The molecule has 0 saturated carbocycles. The first-order valence-corrected chi connectivity index (χ1v) is 13.4. The normalized spacial score (nSPS) is 12.2. The number of thiophene rings is 1. The second-order valence-electron chi connectivity index (χ2n) is 8.23. The number of thioether (sulfide) groups is 1. The number of hydrogen-bond donors (Lipinski definition) is 0. The third-order valence-electron chi connectivity index (χ3n) is 5.75. The minimum absolute atomic E-state index is 0.0707. The third-order valence-corrected chi connectivity index (χ3v) is 8.19. The summed E-state index contributed by atoms with van der Waals surface area (Å²) in [4.78, 5) is 14.1. The highest BCUT2D eigenvalue weighted by atomic mass is 32.2. The van der Waals surface area contributed by atoms with Crippen LogP contribution in [0.15, 0.2) is 41.3 Å². The standard InChI is InChI=1S/C27H33FO3S2/c1-5-7-8-20(27-19(4)23-11-9-21(28)16-25(23)33-27)13-14-32-22-10-12-24(18(3)15-22)31-17-26(29)30-6-2/h9-12,15-16,20H,5-8,13-14,17H2,1-4H3. The van der Waals surface area contributed by atoms with Crippen molar-refractivity contribution in [2.45, 2.75) is 64.2 Å². The smallest absolute Gasteiger partial charge is 0.344 e.